The number of aryl methyl sites for hydroxylation is 1. The van der Waals surface area contributed by atoms with Gasteiger partial charge in [-0.25, -0.2) is 9.97 Å². The Labute approximate surface area is 169 Å². The van der Waals surface area contributed by atoms with E-state index in [1.807, 2.05) is 49.4 Å². The van der Waals surface area contributed by atoms with Gasteiger partial charge in [-0.15, -0.1) is 0 Å². The van der Waals surface area contributed by atoms with Crippen LogP contribution in [0.3, 0.4) is 0 Å². The zero-order valence-electron chi connectivity index (χ0n) is 16.3. The number of hydrogen-bond donors (Lipinski definition) is 0. The number of carbonyl (C=O) groups excluding carboxylic acids is 1. The number of carbonyl (C=O) groups is 1. The molecule has 4 aromatic rings. The molecule has 0 saturated heterocycles. The smallest absolute Gasteiger partial charge is 0.196 e. The highest BCUT2D eigenvalue weighted by Gasteiger charge is 2.16. The van der Waals surface area contributed by atoms with Crippen LogP contribution in [-0.4, -0.2) is 22.9 Å². The molecule has 0 atom stereocenters. The van der Waals surface area contributed by atoms with Gasteiger partial charge in [-0.3, -0.25) is 4.79 Å². The number of hydrogen-bond acceptors (Lipinski definition) is 5. The molecule has 0 bridgehead atoms. The summed E-state index contributed by atoms with van der Waals surface area (Å²) in [6.07, 6.45) is 0. The van der Waals surface area contributed by atoms with Crippen LogP contribution in [0.2, 0.25) is 0 Å². The van der Waals surface area contributed by atoms with Crippen molar-refractivity contribution >= 4 is 16.8 Å². The van der Waals surface area contributed by atoms with Gasteiger partial charge in [0.2, 0.25) is 0 Å². The first-order valence-electron chi connectivity index (χ1n) is 9.28. The largest absolute Gasteiger partial charge is 0.497 e. The summed E-state index contributed by atoms with van der Waals surface area (Å²) in [4.78, 5) is 22.2. The lowest BCUT2D eigenvalue weighted by molar-refractivity contribution is 0.103. The van der Waals surface area contributed by atoms with Crippen molar-refractivity contribution in [2.24, 2.45) is 0 Å². The molecule has 4 rings (SSSR count). The quantitative estimate of drug-likeness (QED) is 0.449. The second kappa shape index (κ2) is 8.10. The summed E-state index contributed by atoms with van der Waals surface area (Å²) >= 11 is 0. The number of aromatic nitrogens is 2. The van der Waals surface area contributed by atoms with E-state index in [2.05, 4.69) is 9.97 Å². The number of ether oxygens (including phenoxy) is 2. The van der Waals surface area contributed by atoms with Gasteiger partial charge in [0.15, 0.2) is 5.78 Å². The number of benzene rings is 3. The summed E-state index contributed by atoms with van der Waals surface area (Å²) < 4.78 is 11.3. The Morgan fingerprint density at radius 3 is 2.31 bits per heavy atom. The first kappa shape index (κ1) is 18.6. The summed E-state index contributed by atoms with van der Waals surface area (Å²) in [5.41, 5.74) is 4.25. The lowest BCUT2D eigenvalue weighted by Crippen LogP contribution is -2.08. The number of nitrogens with zero attached hydrogens (tertiary/aromatic N) is 2. The maximum Gasteiger partial charge on any atom is 0.196 e. The summed E-state index contributed by atoms with van der Waals surface area (Å²) in [7, 11) is 1.58. The van der Waals surface area contributed by atoms with Crippen LogP contribution in [0.25, 0.3) is 11.0 Å². The summed E-state index contributed by atoms with van der Waals surface area (Å²) in [6.45, 7) is 2.10. The van der Waals surface area contributed by atoms with Crippen LogP contribution in [0, 0.1) is 6.92 Å². The van der Waals surface area contributed by atoms with Crippen molar-refractivity contribution in [3.8, 4) is 11.5 Å². The zero-order chi connectivity index (χ0) is 20.2. The Balaban J connectivity index is 1.66. The number of rotatable bonds is 6. The van der Waals surface area contributed by atoms with Gasteiger partial charge in [0, 0.05) is 11.6 Å². The van der Waals surface area contributed by atoms with Crippen molar-refractivity contribution in [1.29, 1.82) is 0 Å². The molecule has 1 aromatic heterocycles. The fourth-order valence-electron chi connectivity index (χ4n) is 3.09. The molecule has 0 spiro atoms. The summed E-state index contributed by atoms with van der Waals surface area (Å²) in [5.74, 6) is 0.961. The monoisotopic (exact) mass is 384 g/mol. The van der Waals surface area contributed by atoms with Gasteiger partial charge in [0.05, 0.1) is 35.1 Å². The lowest BCUT2D eigenvalue weighted by Gasteiger charge is -2.13. The second-order valence-electron chi connectivity index (χ2n) is 6.59. The Morgan fingerprint density at radius 1 is 0.897 bits per heavy atom. The van der Waals surface area contributed by atoms with E-state index in [-0.39, 0.29) is 12.4 Å². The molecule has 0 amide bonds. The Kier molecular flexibility index (Phi) is 5.20. The van der Waals surface area contributed by atoms with E-state index in [4.69, 9.17) is 9.47 Å². The molecule has 0 aliphatic heterocycles. The highest BCUT2D eigenvalue weighted by atomic mass is 16.5. The zero-order valence-corrected chi connectivity index (χ0v) is 16.3. The highest BCUT2D eigenvalue weighted by molar-refractivity contribution is 6.10. The molecule has 3 aromatic carbocycles. The van der Waals surface area contributed by atoms with Crippen LogP contribution in [-0.2, 0) is 6.61 Å². The standard InChI is InChI=1S/C24H20N2O3/c1-16-22(26-21-11-7-6-10-20(21)25-16)15-29-23-14-18(28-2)12-13-19(23)24(27)17-8-4-3-5-9-17/h3-14H,15H2,1-2H3. The summed E-state index contributed by atoms with van der Waals surface area (Å²) in [6, 6.07) is 22.0. The molecule has 0 unspecified atom stereocenters. The topological polar surface area (TPSA) is 61.3 Å². The van der Waals surface area contributed by atoms with Gasteiger partial charge in [-0.2, -0.15) is 0 Å². The molecular formula is C24H20N2O3. The average Bonchev–Trinajstić information content (AvgIpc) is 2.77. The van der Waals surface area contributed by atoms with Crippen LogP contribution in [0.5, 0.6) is 11.5 Å². The molecule has 5 nitrogen and oxygen atoms in total. The van der Waals surface area contributed by atoms with Gasteiger partial charge in [-0.05, 0) is 31.2 Å². The first-order valence-corrected chi connectivity index (χ1v) is 9.28. The Hall–Kier alpha value is -3.73. The first-order chi connectivity index (χ1) is 14.2. The molecule has 5 heteroatoms. The van der Waals surface area contributed by atoms with Crippen molar-refractivity contribution < 1.29 is 14.3 Å². The maximum absolute atomic E-state index is 13.0. The van der Waals surface area contributed by atoms with E-state index < -0.39 is 0 Å². The minimum Gasteiger partial charge on any atom is -0.497 e. The number of fused-ring (bicyclic) bond motifs is 1. The van der Waals surface area contributed by atoms with E-state index in [1.54, 1.807) is 37.4 Å². The highest BCUT2D eigenvalue weighted by Crippen LogP contribution is 2.28. The molecular weight excluding hydrogens is 364 g/mol. The third kappa shape index (κ3) is 3.94. The third-order valence-electron chi connectivity index (χ3n) is 4.68. The molecule has 0 N–H and O–H groups in total. The van der Waals surface area contributed by atoms with Gasteiger partial charge in [0.25, 0.3) is 0 Å². The van der Waals surface area contributed by atoms with E-state index in [9.17, 15) is 4.79 Å². The SMILES string of the molecule is COc1ccc(C(=O)c2ccccc2)c(OCc2nc3ccccc3nc2C)c1. The second-order valence-corrected chi connectivity index (χ2v) is 6.59. The molecule has 29 heavy (non-hydrogen) atoms. The lowest BCUT2D eigenvalue weighted by atomic mass is 10.0. The molecule has 144 valence electrons. The minimum absolute atomic E-state index is 0.107. The van der Waals surface area contributed by atoms with Crippen LogP contribution in [0.4, 0.5) is 0 Å². The van der Waals surface area contributed by atoms with Crippen LogP contribution in [0.1, 0.15) is 27.3 Å². The fraction of sp³-hybridized carbons (Fsp3) is 0.125. The number of methoxy groups -OCH3 is 1. The van der Waals surface area contributed by atoms with Crippen LogP contribution >= 0.6 is 0 Å². The van der Waals surface area contributed by atoms with Crippen molar-refractivity contribution in [1.82, 2.24) is 9.97 Å². The molecule has 0 aliphatic carbocycles. The molecule has 0 radical (unpaired) electrons. The van der Waals surface area contributed by atoms with Gasteiger partial charge in [0.1, 0.15) is 18.1 Å². The number of ketones is 1. The van der Waals surface area contributed by atoms with E-state index >= 15 is 0 Å². The van der Waals surface area contributed by atoms with Crippen molar-refractivity contribution in [2.45, 2.75) is 13.5 Å². The Bertz CT molecular complexity index is 1170. The van der Waals surface area contributed by atoms with E-state index in [0.29, 0.717) is 22.6 Å². The van der Waals surface area contributed by atoms with E-state index in [1.165, 1.54) is 0 Å². The molecule has 0 fully saturated rings. The molecule has 0 aliphatic rings. The Morgan fingerprint density at radius 2 is 1.59 bits per heavy atom. The average molecular weight is 384 g/mol. The predicted molar refractivity (Wildman–Crippen MR) is 111 cm³/mol. The van der Waals surface area contributed by atoms with Crippen LogP contribution in [0.15, 0.2) is 72.8 Å². The predicted octanol–water partition coefficient (Wildman–Crippen LogP) is 4.76. The minimum atomic E-state index is -0.107. The van der Waals surface area contributed by atoms with Crippen LogP contribution < -0.4 is 9.47 Å². The van der Waals surface area contributed by atoms with Crippen molar-refractivity contribution in [2.75, 3.05) is 7.11 Å². The number of para-hydroxylation sites is 2. The fourth-order valence-corrected chi connectivity index (χ4v) is 3.09. The van der Waals surface area contributed by atoms with Gasteiger partial charge < -0.3 is 9.47 Å². The molecule has 1 heterocycles. The van der Waals surface area contributed by atoms with Gasteiger partial charge in [-0.1, -0.05) is 42.5 Å². The van der Waals surface area contributed by atoms with Crippen molar-refractivity contribution in [3.63, 3.8) is 0 Å². The van der Waals surface area contributed by atoms with E-state index in [0.717, 1.165) is 22.4 Å². The summed E-state index contributed by atoms with van der Waals surface area (Å²) in [5, 5.41) is 0. The normalized spacial score (nSPS) is 10.7. The maximum atomic E-state index is 13.0. The van der Waals surface area contributed by atoms with Gasteiger partial charge >= 0.3 is 0 Å². The molecule has 0 saturated carbocycles. The van der Waals surface area contributed by atoms with Crippen molar-refractivity contribution in [3.05, 3.63) is 95.3 Å². The third-order valence-corrected chi connectivity index (χ3v) is 4.68.